The normalized spacial score (nSPS) is 11.0. The Bertz CT molecular complexity index is 958. The zero-order valence-electron chi connectivity index (χ0n) is 14.6. The number of thioether (sulfide) groups is 1. The maximum absolute atomic E-state index is 12.2. The zero-order chi connectivity index (χ0) is 19.4. The molecule has 0 bridgehead atoms. The van der Waals surface area contributed by atoms with Crippen molar-refractivity contribution in [2.24, 2.45) is 0 Å². The van der Waals surface area contributed by atoms with Gasteiger partial charge in [0.15, 0.2) is 11.0 Å². The fourth-order valence-electron chi connectivity index (χ4n) is 2.26. The van der Waals surface area contributed by atoms with Gasteiger partial charge in [0.2, 0.25) is 11.0 Å². The molecular weight excluding hydrogens is 427 g/mol. The van der Waals surface area contributed by atoms with Crippen LogP contribution in [0, 0.1) is 0 Å². The molecule has 11 heteroatoms. The van der Waals surface area contributed by atoms with Gasteiger partial charge in [0.25, 0.3) is 0 Å². The lowest BCUT2D eigenvalue weighted by molar-refractivity contribution is -0.113. The van der Waals surface area contributed by atoms with E-state index in [1.165, 1.54) is 23.1 Å². The standard InChI is InChI=1S/C16H16Cl2N6OS2/c1-3-13-20-22-15(27-13)19-12(25)8-26-16-23-21-14(24(16)4-2)9-5-6-10(17)11(18)7-9/h5-7H,3-4,8H2,1-2H3,(H,19,22,25). The van der Waals surface area contributed by atoms with E-state index >= 15 is 0 Å². The summed E-state index contributed by atoms with van der Waals surface area (Å²) in [4.78, 5) is 12.2. The Morgan fingerprint density at radius 1 is 1.19 bits per heavy atom. The molecule has 3 rings (SSSR count). The molecule has 27 heavy (non-hydrogen) atoms. The molecule has 3 aromatic rings. The van der Waals surface area contributed by atoms with Crippen LogP contribution in [0.2, 0.25) is 10.0 Å². The second-order valence-electron chi connectivity index (χ2n) is 5.37. The summed E-state index contributed by atoms with van der Waals surface area (Å²) in [5, 5.41) is 22.1. The minimum atomic E-state index is -0.166. The van der Waals surface area contributed by atoms with Gasteiger partial charge in [0.1, 0.15) is 5.01 Å². The van der Waals surface area contributed by atoms with Crippen LogP contribution < -0.4 is 5.32 Å². The summed E-state index contributed by atoms with van der Waals surface area (Å²) in [7, 11) is 0. The number of carbonyl (C=O) groups excluding carboxylic acids is 1. The van der Waals surface area contributed by atoms with Crippen molar-refractivity contribution >= 4 is 57.3 Å². The third kappa shape index (κ3) is 4.78. The van der Waals surface area contributed by atoms with E-state index < -0.39 is 0 Å². The second-order valence-corrected chi connectivity index (χ2v) is 8.19. The predicted octanol–water partition coefficient (Wildman–Crippen LogP) is 4.42. The quantitative estimate of drug-likeness (QED) is 0.545. The van der Waals surface area contributed by atoms with Crippen molar-refractivity contribution in [2.75, 3.05) is 11.1 Å². The number of halogens is 2. The summed E-state index contributed by atoms with van der Waals surface area (Å²) < 4.78 is 1.93. The van der Waals surface area contributed by atoms with E-state index in [2.05, 4.69) is 25.7 Å². The van der Waals surface area contributed by atoms with Gasteiger partial charge in [-0.25, -0.2) is 0 Å². The second kappa shape index (κ2) is 9.01. The third-order valence-electron chi connectivity index (χ3n) is 3.56. The fraction of sp³-hybridized carbons (Fsp3) is 0.312. The molecule has 0 saturated carbocycles. The maximum Gasteiger partial charge on any atom is 0.236 e. The van der Waals surface area contributed by atoms with Crippen LogP contribution in [0.4, 0.5) is 5.13 Å². The molecule has 2 heterocycles. The van der Waals surface area contributed by atoms with Crippen LogP contribution in [0.5, 0.6) is 0 Å². The Morgan fingerprint density at radius 3 is 2.67 bits per heavy atom. The van der Waals surface area contributed by atoms with Crippen molar-refractivity contribution < 1.29 is 4.79 Å². The van der Waals surface area contributed by atoms with Gasteiger partial charge in [-0.2, -0.15) is 0 Å². The first kappa shape index (κ1) is 20.1. The first-order valence-electron chi connectivity index (χ1n) is 8.15. The van der Waals surface area contributed by atoms with Gasteiger partial charge in [-0.3, -0.25) is 10.1 Å². The van der Waals surface area contributed by atoms with Crippen molar-refractivity contribution in [3.63, 3.8) is 0 Å². The molecule has 0 fully saturated rings. The van der Waals surface area contributed by atoms with Crippen molar-refractivity contribution in [3.05, 3.63) is 33.3 Å². The lowest BCUT2D eigenvalue weighted by Crippen LogP contribution is -2.14. The van der Waals surface area contributed by atoms with Crippen molar-refractivity contribution in [2.45, 2.75) is 32.0 Å². The number of carbonyl (C=O) groups is 1. The van der Waals surface area contributed by atoms with Gasteiger partial charge in [-0.05, 0) is 31.5 Å². The van der Waals surface area contributed by atoms with E-state index in [1.54, 1.807) is 12.1 Å². The van der Waals surface area contributed by atoms with Gasteiger partial charge in [0, 0.05) is 12.1 Å². The Kier molecular flexibility index (Phi) is 6.69. The number of amides is 1. The van der Waals surface area contributed by atoms with E-state index in [4.69, 9.17) is 23.2 Å². The fourth-order valence-corrected chi connectivity index (χ4v) is 4.06. The summed E-state index contributed by atoms with van der Waals surface area (Å²) in [6.07, 6.45) is 0.791. The number of aryl methyl sites for hydroxylation is 1. The number of hydrogen-bond donors (Lipinski definition) is 1. The van der Waals surface area contributed by atoms with E-state index in [0.717, 1.165) is 17.0 Å². The van der Waals surface area contributed by atoms with E-state index in [-0.39, 0.29) is 11.7 Å². The molecule has 0 spiro atoms. The summed E-state index contributed by atoms with van der Waals surface area (Å²) in [5.41, 5.74) is 0.816. The number of hydrogen-bond acceptors (Lipinski definition) is 7. The molecular formula is C16H16Cl2N6OS2. The van der Waals surface area contributed by atoms with Gasteiger partial charge >= 0.3 is 0 Å². The highest BCUT2D eigenvalue weighted by atomic mass is 35.5. The average molecular weight is 443 g/mol. The van der Waals surface area contributed by atoms with Crippen molar-refractivity contribution in [1.29, 1.82) is 0 Å². The first-order valence-corrected chi connectivity index (χ1v) is 10.7. The van der Waals surface area contributed by atoms with Crippen LogP contribution in [0.3, 0.4) is 0 Å². The van der Waals surface area contributed by atoms with E-state index in [9.17, 15) is 4.79 Å². The molecule has 1 N–H and O–H groups in total. The highest BCUT2D eigenvalue weighted by Crippen LogP contribution is 2.29. The average Bonchev–Trinajstić information content (AvgIpc) is 3.28. The molecule has 7 nitrogen and oxygen atoms in total. The van der Waals surface area contributed by atoms with Crippen LogP contribution >= 0.6 is 46.3 Å². The van der Waals surface area contributed by atoms with Crippen LogP contribution in [0.1, 0.15) is 18.9 Å². The van der Waals surface area contributed by atoms with Gasteiger partial charge < -0.3 is 4.57 Å². The lowest BCUT2D eigenvalue weighted by Gasteiger charge is -2.08. The smallest absolute Gasteiger partial charge is 0.236 e. The Balaban J connectivity index is 1.69. The summed E-state index contributed by atoms with van der Waals surface area (Å²) in [5.74, 6) is 0.705. The minimum absolute atomic E-state index is 0.166. The molecule has 2 aromatic heterocycles. The number of anilines is 1. The number of nitrogens with zero attached hydrogens (tertiary/aromatic N) is 5. The Morgan fingerprint density at radius 2 is 2.00 bits per heavy atom. The van der Waals surface area contributed by atoms with Crippen molar-refractivity contribution in [3.8, 4) is 11.4 Å². The number of rotatable bonds is 7. The van der Waals surface area contributed by atoms with Gasteiger partial charge in [0.05, 0.1) is 15.8 Å². The van der Waals surface area contributed by atoms with Crippen LogP contribution in [0.25, 0.3) is 11.4 Å². The van der Waals surface area contributed by atoms with E-state index in [0.29, 0.717) is 32.7 Å². The molecule has 0 aliphatic heterocycles. The highest BCUT2D eigenvalue weighted by Gasteiger charge is 2.16. The maximum atomic E-state index is 12.2. The molecule has 0 saturated heterocycles. The molecule has 0 unspecified atom stereocenters. The summed E-state index contributed by atoms with van der Waals surface area (Å²) in [6.45, 7) is 4.63. The van der Waals surface area contributed by atoms with Crippen LogP contribution in [0.15, 0.2) is 23.4 Å². The number of nitrogens with one attached hydrogen (secondary N) is 1. The third-order valence-corrected chi connectivity index (χ3v) is 6.25. The molecule has 0 atom stereocenters. The number of benzene rings is 1. The predicted molar refractivity (Wildman–Crippen MR) is 110 cm³/mol. The summed E-state index contributed by atoms with van der Waals surface area (Å²) >= 11 is 14.8. The topological polar surface area (TPSA) is 85.6 Å². The van der Waals surface area contributed by atoms with Crippen molar-refractivity contribution in [1.82, 2.24) is 25.0 Å². The Hall–Kier alpha value is -1.68. The first-order chi connectivity index (χ1) is 13.0. The molecule has 142 valence electrons. The Labute approximate surface area is 174 Å². The monoisotopic (exact) mass is 442 g/mol. The van der Waals surface area contributed by atoms with Gasteiger partial charge in [-0.15, -0.1) is 20.4 Å². The van der Waals surface area contributed by atoms with Crippen LogP contribution in [-0.2, 0) is 17.8 Å². The lowest BCUT2D eigenvalue weighted by atomic mass is 10.2. The zero-order valence-corrected chi connectivity index (χ0v) is 17.7. The SMILES string of the molecule is CCc1nnc(NC(=O)CSc2nnc(-c3ccc(Cl)c(Cl)c3)n2CC)s1. The summed E-state index contributed by atoms with van der Waals surface area (Å²) in [6, 6.07) is 5.31. The molecule has 0 aliphatic rings. The van der Waals surface area contributed by atoms with Crippen LogP contribution in [-0.4, -0.2) is 36.6 Å². The van der Waals surface area contributed by atoms with E-state index in [1.807, 2.05) is 24.5 Å². The number of aromatic nitrogens is 5. The van der Waals surface area contributed by atoms with Gasteiger partial charge in [-0.1, -0.05) is 53.2 Å². The highest BCUT2D eigenvalue weighted by molar-refractivity contribution is 7.99. The molecule has 1 aromatic carbocycles. The minimum Gasteiger partial charge on any atom is -0.302 e. The largest absolute Gasteiger partial charge is 0.302 e. The molecule has 0 aliphatic carbocycles. The molecule has 0 radical (unpaired) electrons. The molecule has 1 amide bonds.